The summed E-state index contributed by atoms with van der Waals surface area (Å²) in [5.41, 5.74) is 3.28. The lowest BCUT2D eigenvalue weighted by atomic mass is 9.85. The van der Waals surface area contributed by atoms with E-state index in [0.29, 0.717) is 52.1 Å². The summed E-state index contributed by atoms with van der Waals surface area (Å²) in [5.74, 6) is -2.26. The maximum absolute atomic E-state index is 13.3. The van der Waals surface area contributed by atoms with Crippen molar-refractivity contribution in [2.45, 2.75) is 46.1 Å². The molecule has 11 heteroatoms. The monoisotopic (exact) mass is 510 g/mol. The minimum absolute atomic E-state index is 0.274. The van der Waals surface area contributed by atoms with Crippen LogP contribution in [0.4, 0.5) is 10.5 Å². The first kappa shape index (κ1) is 27.2. The second kappa shape index (κ2) is 11.1. The summed E-state index contributed by atoms with van der Waals surface area (Å²) >= 11 is 0. The first-order valence-electron chi connectivity index (χ1n) is 12.1. The maximum Gasteiger partial charge on any atom is 0.410 e. The number of amides is 2. The van der Waals surface area contributed by atoms with Gasteiger partial charge in [-0.3, -0.25) is 10.0 Å². The first-order valence-corrected chi connectivity index (χ1v) is 13.7. The lowest BCUT2D eigenvalue weighted by Gasteiger charge is -2.38. The highest BCUT2D eigenvalue weighted by Crippen LogP contribution is 2.29. The van der Waals surface area contributed by atoms with Gasteiger partial charge in [0.25, 0.3) is 0 Å². The fourth-order valence-electron chi connectivity index (χ4n) is 4.78. The zero-order valence-electron chi connectivity index (χ0n) is 21.1. The molecule has 1 aromatic rings. The molecule has 35 heavy (non-hydrogen) atoms. The normalized spacial score (nSPS) is 19.3. The van der Waals surface area contributed by atoms with Crippen LogP contribution in [0.2, 0.25) is 0 Å². The number of hydrogen-bond donors (Lipinski definition) is 2. The van der Waals surface area contributed by atoms with Crippen LogP contribution in [0.1, 0.15) is 39.2 Å². The minimum atomic E-state index is -3.73. The van der Waals surface area contributed by atoms with Crippen molar-refractivity contribution in [2.75, 3.05) is 49.9 Å². The number of piperidine rings is 1. The van der Waals surface area contributed by atoms with E-state index < -0.39 is 33.5 Å². The van der Waals surface area contributed by atoms with Gasteiger partial charge in [-0.2, -0.15) is 4.31 Å². The summed E-state index contributed by atoms with van der Waals surface area (Å²) in [5, 5.41) is 9.30. The molecule has 2 amide bonds. The molecule has 196 valence electrons. The van der Waals surface area contributed by atoms with Crippen molar-refractivity contribution in [3.8, 4) is 0 Å². The number of likely N-dealkylation sites (tertiary alicyclic amines) is 1. The molecule has 2 aliphatic rings. The van der Waals surface area contributed by atoms with Gasteiger partial charge in [0.05, 0.1) is 11.7 Å². The topological polar surface area (TPSA) is 119 Å². The van der Waals surface area contributed by atoms with Crippen LogP contribution in [-0.2, 0) is 19.6 Å². The Bertz CT molecular complexity index is 994. The summed E-state index contributed by atoms with van der Waals surface area (Å²) < 4.78 is 33.4. The van der Waals surface area contributed by atoms with E-state index in [1.54, 1.807) is 31.2 Å². The Balaban J connectivity index is 1.61. The Labute approximate surface area is 208 Å². The molecule has 2 heterocycles. The summed E-state index contributed by atoms with van der Waals surface area (Å²) in [6.07, 6.45) is 0.486. The molecule has 1 atom stereocenters. The molecule has 0 saturated carbocycles. The zero-order chi connectivity index (χ0) is 25.8. The number of para-hydroxylation sites is 1. The molecule has 0 unspecified atom stereocenters. The Kier molecular flexibility index (Phi) is 8.66. The Morgan fingerprint density at radius 3 is 2.23 bits per heavy atom. The van der Waals surface area contributed by atoms with Crippen LogP contribution in [0.25, 0.3) is 0 Å². The van der Waals surface area contributed by atoms with Gasteiger partial charge < -0.3 is 14.5 Å². The van der Waals surface area contributed by atoms with Gasteiger partial charge in [-0.25, -0.2) is 18.7 Å². The van der Waals surface area contributed by atoms with Crippen LogP contribution in [0.5, 0.6) is 0 Å². The van der Waals surface area contributed by atoms with Gasteiger partial charge >= 0.3 is 6.09 Å². The molecule has 1 aromatic carbocycles. The van der Waals surface area contributed by atoms with Gasteiger partial charge in [0, 0.05) is 45.0 Å². The standard InChI is InChI=1S/C24H38N4O6S/c1-18-7-5-6-8-21(18)26-13-15-28(16-14-26)35(32,33)17-20(22(29)25-31)19-9-11-27(12-10-19)23(30)34-24(2,3)4/h5-8,19-20,31H,9-17H2,1-4H3,(H,25,29)/t20-/m1/s1. The molecule has 0 radical (unpaired) electrons. The van der Waals surface area contributed by atoms with E-state index >= 15 is 0 Å². The summed E-state index contributed by atoms with van der Waals surface area (Å²) in [6.45, 7) is 9.95. The van der Waals surface area contributed by atoms with Gasteiger partial charge in [0.2, 0.25) is 15.9 Å². The van der Waals surface area contributed by atoms with Gasteiger partial charge in [-0.15, -0.1) is 0 Å². The van der Waals surface area contributed by atoms with Crippen molar-refractivity contribution in [3.63, 3.8) is 0 Å². The lowest BCUT2D eigenvalue weighted by Crippen LogP contribution is -2.52. The largest absolute Gasteiger partial charge is 0.444 e. The van der Waals surface area contributed by atoms with Crippen LogP contribution in [0.15, 0.2) is 24.3 Å². The third-order valence-electron chi connectivity index (χ3n) is 6.69. The van der Waals surface area contributed by atoms with Crippen molar-refractivity contribution in [2.24, 2.45) is 11.8 Å². The first-order chi connectivity index (χ1) is 16.4. The number of rotatable bonds is 6. The van der Waals surface area contributed by atoms with Gasteiger partial charge in [-0.05, 0) is 58.1 Å². The number of hydrogen-bond acceptors (Lipinski definition) is 7. The third kappa shape index (κ3) is 7.08. The molecular weight excluding hydrogens is 472 g/mol. The summed E-state index contributed by atoms with van der Waals surface area (Å²) in [6, 6.07) is 8.01. The molecule has 0 spiro atoms. The fraction of sp³-hybridized carbons (Fsp3) is 0.667. The number of aryl methyl sites for hydroxylation is 1. The average Bonchev–Trinajstić information content (AvgIpc) is 2.81. The molecule has 0 aromatic heterocycles. The van der Waals surface area contributed by atoms with E-state index in [-0.39, 0.29) is 11.7 Å². The van der Waals surface area contributed by atoms with Gasteiger partial charge in [0.1, 0.15) is 5.60 Å². The number of nitrogens with zero attached hydrogens (tertiary/aromatic N) is 3. The molecule has 2 saturated heterocycles. The molecule has 10 nitrogen and oxygen atoms in total. The van der Waals surface area contributed by atoms with Crippen molar-refractivity contribution < 1.29 is 28.0 Å². The summed E-state index contributed by atoms with van der Waals surface area (Å²) in [7, 11) is -3.73. The molecular formula is C24H38N4O6S. The highest BCUT2D eigenvalue weighted by atomic mass is 32.2. The van der Waals surface area contributed by atoms with Gasteiger partial charge in [-0.1, -0.05) is 18.2 Å². The molecule has 0 bridgehead atoms. The SMILES string of the molecule is Cc1ccccc1N1CCN(S(=O)(=O)C[C@@H](C(=O)NO)C2CCN(C(=O)OC(C)(C)C)CC2)CC1. The summed E-state index contributed by atoms with van der Waals surface area (Å²) in [4.78, 5) is 28.6. The second-order valence-electron chi connectivity index (χ2n) is 10.3. The van der Waals surface area contributed by atoms with E-state index in [1.807, 2.05) is 31.2 Å². The highest BCUT2D eigenvalue weighted by molar-refractivity contribution is 7.89. The number of nitrogens with one attached hydrogen (secondary N) is 1. The second-order valence-corrected chi connectivity index (χ2v) is 12.4. The maximum atomic E-state index is 13.3. The number of anilines is 1. The van der Waals surface area contributed by atoms with Crippen molar-refractivity contribution in [3.05, 3.63) is 29.8 Å². The number of sulfonamides is 1. The van der Waals surface area contributed by atoms with Crippen LogP contribution >= 0.6 is 0 Å². The van der Waals surface area contributed by atoms with Crippen molar-refractivity contribution >= 4 is 27.7 Å². The van der Waals surface area contributed by atoms with E-state index in [4.69, 9.17) is 4.74 Å². The smallest absolute Gasteiger partial charge is 0.410 e. The highest BCUT2D eigenvalue weighted by Gasteiger charge is 2.39. The minimum Gasteiger partial charge on any atom is -0.444 e. The number of carbonyl (C=O) groups excluding carboxylic acids is 2. The molecule has 0 aliphatic carbocycles. The van der Waals surface area contributed by atoms with Crippen molar-refractivity contribution in [1.29, 1.82) is 0 Å². The lowest BCUT2D eigenvalue weighted by molar-refractivity contribution is -0.134. The van der Waals surface area contributed by atoms with Crippen molar-refractivity contribution in [1.82, 2.24) is 14.7 Å². The average molecular weight is 511 g/mol. The van der Waals surface area contributed by atoms with Gasteiger partial charge in [0.15, 0.2) is 0 Å². The number of piperazine rings is 1. The molecule has 2 fully saturated rings. The third-order valence-corrected chi connectivity index (χ3v) is 8.62. The number of ether oxygens (including phenoxy) is 1. The number of benzene rings is 1. The Hall–Kier alpha value is -2.37. The number of hydroxylamine groups is 1. The predicted molar refractivity (Wildman–Crippen MR) is 133 cm³/mol. The predicted octanol–water partition coefficient (Wildman–Crippen LogP) is 2.22. The molecule has 2 N–H and O–H groups in total. The fourth-order valence-corrected chi connectivity index (χ4v) is 6.59. The number of carbonyl (C=O) groups is 2. The van der Waals surface area contributed by atoms with E-state index in [0.717, 1.165) is 11.3 Å². The van der Waals surface area contributed by atoms with E-state index in [9.17, 15) is 23.2 Å². The Morgan fingerprint density at radius 1 is 1.09 bits per heavy atom. The Morgan fingerprint density at radius 2 is 1.69 bits per heavy atom. The zero-order valence-corrected chi connectivity index (χ0v) is 21.9. The molecule has 3 rings (SSSR count). The molecule has 2 aliphatic heterocycles. The van der Waals surface area contributed by atoms with Crippen LogP contribution in [0.3, 0.4) is 0 Å². The van der Waals surface area contributed by atoms with Crippen LogP contribution in [-0.4, -0.2) is 85.5 Å². The van der Waals surface area contributed by atoms with Crippen LogP contribution < -0.4 is 10.4 Å². The quantitative estimate of drug-likeness (QED) is 0.445. The van der Waals surface area contributed by atoms with E-state index in [1.165, 1.54) is 4.31 Å². The van der Waals surface area contributed by atoms with Crippen LogP contribution in [0, 0.1) is 18.8 Å². The van der Waals surface area contributed by atoms with E-state index in [2.05, 4.69) is 4.90 Å².